The minimum absolute atomic E-state index is 0.187. The maximum absolute atomic E-state index is 12.4. The second-order valence-corrected chi connectivity index (χ2v) is 6.23. The lowest BCUT2D eigenvalue weighted by Crippen LogP contribution is -2.36. The number of ether oxygens (including phenoxy) is 2. The third kappa shape index (κ3) is 4.38. The van der Waals surface area contributed by atoms with E-state index in [0.717, 1.165) is 36.0 Å². The number of piperidine rings is 1. The molecule has 0 N–H and O–H groups in total. The first-order chi connectivity index (χ1) is 10.7. The van der Waals surface area contributed by atoms with E-state index in [4.69, 9.17) is 9.47 Å². The maximum Gasteiger partial charge on any atom is 0.227 e. The highest BCUT2D eigenvalue weighted by Gasteiger charge is 2.19. The van der Waals surface area contributed by atoms with Crippen molar-refractivity contribution in [1.82, 2.24) is 4.90 Å². The molecule has 1 aliphatic rings. The molecule has 4 nitrogen and oxygen atoms in total. The van der Waals surface area contributed by atoms with Gasteiger partial charge in [-0.25, -0.2) is 0 Å². The Hall–Kier alpha value is -1.23. The number of halogens is 1. The summed E-state index contributed by atoms with van der Waals surface area (Å²) < 4.78 is 12.1. The van der Waals surface area contributed by atoms with Crippen LogP contribution in [-0.2, 0) is 11.2 Å². The molecular formula is C17H24BrNO3. The van der Waals surface area contributed by atoms with Gasteiger partial charge in [0.1, 0.15) is 0 Å². The van der Waals surface area contributed by atoms with Crippen LogP contribution in [0, 0.1) is 0 Å². The van der Waals surface area contributed by atoms with Crippen LogP contribution in [0.1, 0.15) is 38.7 Å². The number of carbonyl (C=O) groups is 1. The van der Waals surface area contributed by atoms with E-state index < -0.39 is 0 Å². The molecule has 0 radical (unpaired) electrons. The number of amides is 1. The lowest BCUT2D eigenvalue weighted by atomic mass is 10.1. The molecule has 122 valence electrons. The fourth-order valence-electron chi connectivity index (χ4n) is 2.67. The van der Waals surface area contributed by atoms with Crippen LogP contribution in [0.2, 0.25) is 0 Å². The predicted octanol–water partition coefficient (Wildman–Crippen LogP) is 3.80. The van der Waals surface area contributed by atoms with E-state index in [1.807, 2.05) is 30.9 Å². The zero-order chi connectivity index (χ0) is 15.9. The van der Waals surface area contributed by atoms with Crippen LogP contribution < -0.4 is 9.47 Å². The summed E-state index contributed by atoms with van der Waals surface area (Å²) in [4.78, 5) is 14.4. The number of likely N-dealkylation sites (tertiary alicyclic amines) is 1. The predicted molar refractivity (Wildman–Crippen MR) is 90.6 cm³/mol. The first-order valence-electron chi connectivity index (χ1n) is 8.01. The van der Waals surface area contributed by atoms with Crippen molar-refractivity contribution in [2.45, 2.75) is 39.5 Å². The average Bonchev–Trinajstić information content (AvgIpc) is 2.53. The maximum atomic E-state index is 12.4. The summed E-state index contributed by atoms with van der Waals surface area (Å²) in [6.07, 6.45) is 3.85. The van der Waals surface area contributed by atoms with Gasteiger partial charge in [-0.15, -0.1) is 0 Å². The Morgan fingerprint density at radius 3 is 2.27 bits per heavy atom. The number of hydrogen-bond donors (Lipinski definition) is 0. The van der Waals surface area contributed by atoms with Gasteiger partial charge >= 0.3 is 0 Å². The Labute approximate surface area is 140 Å². The SMILES string of the molecule is CCOc1cc(Br)c(CC(=O)N2CCCCC2)cc1OCC. The zero-order valence-corrected chi connectivity index (χ0v) is 14.9. The van der Waals surface area contributed by atoms with E-state index in [1.165, 1.54) is 6.42 Å². The molecular weight excluding hydrogens is 346 g/mol. The summed E-state index contributed by atoms with van der Waals surface area (Å²) >= 11 is 3.55. The molecule has 1 heterocycles. The summed E-state index contributed by atoms with van der Waals surface area (Å²) in [7, 11) is 0. The molecule has 0 unspecified atom stereocenters. The Bertz CT molecular complexity index is 513. The highest BCUT2D eigenvalue weighted by molar-refractivity contribution is 9.10. The lowest BCUT2D eigenvalue weighted by Gasteiger charge is -2.27. The van der Waals surface area contributed by atoms with E-state index in [1.54, 1.807) is 0 Å². The molecule has 0 aromatic heterocycles. The van der Waals surface area contributed by atoms with E-state index >= 15 is 0 Å². The van der Waals surface area contributed by atoms with E-state index in [2.05, 4.69) is 15.9 Å². The minimum Gasteiger partial charge on any atom is -0.490 e. The largest absolute Gasteiger partial charge is 0.490 e. The number of hydrogen-bond acceptors (Lipinski definition) is 3. The Balaban J connectivity index is 2.15. The second-order valence-electron chi connectivity index (χ2n) is 5.37. The van der Waals surface area contributed by atoms with Gasteiger partial charge in [0, 0.05) is 17.6 Å². The summed E-state index contributed by atoms with van der Waals surface area (Å²) in [5.41, 5.74) is 0.947. The lowest BCUT2D eigenvalue weighted by molar-refractivity contribution is -0.131. The minimum atomic E-state index is 0.187. The molecule has 1 aromatic carbocycles. The average molecular weight is 370 g/mol. The molecule has 5 heteroatoms. The van der Waals surface area contributed by atoms with Crippen LogP contribution in [0.15, 0.2) is 16.6 Å². The van der Waals surface area contributed by atoms with Crippen molar-refractivity contribution in [3.63, 3.8) is 0 Å². The first kappa shape index (κ1) is 17.1. The normalized spacial score (nSPS) is 14.8. The van der Waals surface area contributed by atoms with E-state index in [0.29, 0.717) is 31.1 Å². The molecule has 0 saturated carbocycles. The molecule has 0 atom stereocenters. The fraction of sp³-hybridized carbons (Fsp3) is 0.588. The van der Waals surface area contributed by atoms with Gasteiger partial charge in [-0.3, -0.25) is 4.79 Å². The Morgan fingerprint density at radius 2 is 1.68 bits per heavy atom. The second kappa shape index (κ2) is 8.42. The molecule has 1 saturated heterocycles. The van der Waals surface area contributed by atoms with Gasteiger partial charge in [0.2, 0.25) is 5.91 Å². The van der Waals surface area contributed by atoms with Crippen molar-refractivity contribution in [2.75, 3.05) is 26.3 Å². The van der Waals surface area contributed by atoms with E-state index in [-0.39, 0.29) is 5.91 Å². The van der Waals surface area contributed by atoms with Crippen molar-refractivity contribution in [3.05, 3.63) is 22.2 Å². The topological polar surface area (TPSA) is 38.8 Å². The van der Waals surface area contributed by atoms with Gasteiger partial charge in [0.05, 0.1) is 19.6 Å². The molecule has 1 aliphatic heterocycles. The molecule has 2 rings (SSSR count). The summed E-state index contributed by atoms with van der Waals surface area (Å²) in [6, 6.07) is 3.81. The van der Waals surface area contributed by atoms with Crippen LogP contribution in [-0.4, -0.2) is 37.1 Å². The zero-order valence-electron chi connectivity index (χ0n) is 13.4. The molecule has 22 heavy (non-hydrogen) atoms. The summed E-state index contributed by atoms with van der Waals surface area (Å²) in [5, 5.41) is 0. The van der Waals surface area contributed by atoms with Crippen LogP contribution in [0.3, 0.4) is 0 Å². The number of nitrogens with zero attached hydrogens (tertiary/aromatic N) is 1. The molecule has 0 bridgehead atoms. The van der Waals surface area contributed by atoms with Crippen molar-refractivity contribution in [1.29, 1.82) is 0 Å². The van der Waals surface area contributed by atoms with Gasteiger partial charge in [-0.2, -0.15) is 0 Å². The van der Waals surface area contributed by atoms with Crippen molar-refractivity contribution in [2.24, 2.45) is 0 Å². The van der Waals surface area contributed by atoms with Crippen LogP contribution in [0.5, 0.6) is 11.5 Å². The monoisotopic (exact) mass is 369 g/mol. The highest BCUT2D eigenvalue weighted by Crippen LogP contribution is 2.34. The van der Waals surface area contributed by atoms with Crippen LogP contribution in [0.4, 0.5) is 0 Å². The smallest absolute Gasteiger partial charge is 0.227 e. The standard InChI is InChI=1S/C17H24BrNO3/c1-3-21-15-10-13(14(18)12-16(15)22-4-2)11-17(20)19-8-6-5-7-9-19/h10,12H,3-9,11H2,1-2H3. The Kier molecular flexibility index (Phi) is 6.55. The van der Waals surface area contributed by atoms with Crippen LogP contribution in [0.25, 0.3) is 0 Å². The number of carbonyl (C=O) groups excluding carboxylic acids is 1. The van der Waals surface area contributed by atoms with Gasteiger partial charge in [0.15, 0.2) is 11.5 Å². The highest BCUT2D eigenvalue weighted by atomic mass is 79.9. The van der Waals surface area contributed by atoms with Crippen molar-refractivity contribution < 1.29 is 14.3 Å². The Morgan fingerprint density at radius 1 is 1.09 bits per heavy atom. The van der Waals surface area contributed by atoms with Crippen LogP contribution >= 0.6 is 15.9 Å². The van der Waals surface area contributed by atoms with Gasteiger partial charge in [-0.05, 0) is 50.8 Å². The number of rotatable bonds is 6. The first-order valence-corrected chi connectivity index (χ1v) is 8.80. The number of benzene rings is 1. The summed E-state index contributed by atoms with van der Waals surface area (Å²) in [5.74, 6) is 1.60. The van der Waals surface area contributed by atoms with Gasteiger partial charge < -0.3 is 14.4 Å². The molecule has 1 amide bonds. The van der Waals surface area contributed by atoms with Crippen molar-refractivity contribution in [3.8, 4) is 11.5 Å². The molecule has 1 fully saturated rings. The third-order valence-corrected chi connectivity index (χ3v) is 4.50. The van der Waals surface area contributed by atoms with Crippen molar-refractivity contribution >= 4 is 21.8 Å². The van der Waals surface area contributed by atoms with Gasteiger partial charge in [-0.1, -0.05) is 15.9 Å². The van der Waals surface area contributed by atoms with Gasteiger partial charge in [0.25, 0.3) is 0 Å². The summed E-state index contributed by atoms with van der Waals surface area (Å²) in [6.45, 7) is 6.80. The molecule has 0 aliphatic carbocycles. The molecule has 0 spiro atoms. The quantitative estimate of drug-likeness (QED) is 0.765. The third-order valence-electron chi connectivity index (χ3n) is 3.76. The fourth-order valence-corrected chi connectivity index (χ4v) is 3.13. The molecule has 1 aromatic rings. The van der Waals surface area contributed by atoms with E-state index in [9.17, 15) is 4.79 Å².